The quantitative estimate of drug-likeness (QED) is 0.319. The van der Waals surface area contributed by atoms with Gasteiger partial charge in [0.2, 0.25) is 5.91 Å². The minimum atomic E-state index is -0.875. The van der Waals surface area contributed by atoms with Crippen molar-refractivity contribution in [3.63, 3.8) is 0 Å². The zero-order chi connectivity index (χ0) is 23.1. The average Bonchev–Trinajstić information content (AvgIpc) is 3.34. The second-order valence-electron chi connectivity index (χ2n) is 7.93. The lowest BCUT2D eigenvalue weighted by atomic mass is 10.0. The van der Waals surface area contributed by atoms with Crippen molar-refractivity contribution in [2.45, 2.75) is 13.0 Å². The number of nitrogens with zero attached hydrogens (tertiary/aromatic N) is 1. The van der Waals surface area contributed by atoms with Crippen molar-refractivity contribution in [1.82, 2.24) is 4.57 Å². The molecule has 3 N–H and O–H groups in total. The Morgan fingerprint density at radius 2 is 1.79 bits per heavy atom. The van der Waals surface area contributed by atoms with Gasteiger partial charge in [0.1, 0.15) is 0 Å². The number of benzene rings is 3. The molecule has 2 heterocycles. The number of carbonyl (C=O) groups excluding carboxylic acids is 1. The van der Waals surface area contributed by atoms with E-state index in [0.29, 0.717) is 17.1 Å². The third kappa shape index (κ3) is 4.11. The summed E-state index contributed by atoms with van der Waals surface area (Å²) >= 11 is 7.89. The molecule has 0 fully saturated rings. The number of hydrogen-bond acceptors (Lipinski definition) is 3. The van der Waals surface area contributed by atoms with Gasteiger partial charge in [-0.25, -0.2) is 0 Å². The van der Waals surface area contributed by atoms with Gasteiger partial charge in [0.25, 0.3) is 0 Å². The van der Waals surface area contributed by atoms with Crippen molar-refractivity contribution >= 4 is 55.8 Å². The molecular weight excluding hydrogens is 456 g/mol. The van der Waals surface area contributed by atoms with Crippen molar-refractivity contribution in [3.05, 3.63) is 94.0 Å². The van der Waals surface area contributed by atoms with Gasteiger partial charge in [0.05, 0.1) is 6.42 Å². The first-order valence-electron chi connectivity index (χ1n) is 10.3. The average molecular weight is 475 g/mol. The first-order valence-corrected chi connectivity index (χ1v) is 11.5. The zero-order valence-corrected chi connectivity index (χ0v) is 19.0. The lowest BCUT2D eigenvalue weighted by Crippen LogP contribution is -2.10. The Kier molecular flexibility index (Phi) is 5.40. The molecule has 33 heavy (non-hydrogen) atoms. The molecule has 0 atom stereocenters. The minimum absolute atomic E-state index is 0.0593. The van der Waals surface area contributed by atoms with Crippen LogP contribution in [0.5, 0.6) is 0 Å². The molecule has 0 aliphatic carbocycles. The summed E-state index contributed by atoms with van der Waals surface area (Å²) in [7, 11) is 0. The fourth-order valence-electron chi connectivity index (χ4n) is 4.19. The van der Waals surface area contributed by atoms with Gasteiger partial charge in [-0.2, -0.15) is 0 Å². The fraction of sp³-hybridized carbons (Fsp3) is 0.0769. The van der Waals surface area contributed by atoms with Crippen molar-refractivity contribution in [1.29, 1.82) is 0 Å². The third-order valence-electron chi connectivity index (χ3n) is 5.74. The SMILES string of the molecule is NC(=O)c1cccc(-c2ccc3c(CC(=O)O)cn(Cc4csc5ccc(Cl)cc45)c3c2)c1. The summed E-state index contributed by atoms with van der Waals surface area (Å²) in [6.07, 6.45) is 1.85. The van der Waals surface area contributed by atoms with Crippen LogP contribution in [-0.2, 0) is 17.8 Å². The highest BCUT2D eigenvalue weighted by molar-refractivity contribution is 7.17. The molecule has 0 aliphatic rings. The maximum Gasteiger partial charge on any atom is 0.307 e. The van der Waals surface area contributed by atoms with Gasteiger partial charge in [-0.1, -0.05) is 35.9 Å². The summed E-state index contributed by atoms with van der Waals surface area (Å²) in [6.45, 7) is 0.585. The van der Waals surface area contributed by atoms with Crippen LogP contribution in [0, 0.1) is 0 Å². The molecule has 0 spiro atoms. The first-order chi connectivity index (χ1) is 15.9. The molecule has 5 rings (SSSR count). The number of hydrogen-bond donors (Lipinski definition) is 2. The lowest BCUT2D eigenvalue weighted by Gasteiger charge is -2.08. The van der Waals surface area contributed by atoms with E-state index in [0.717, 1.165) is 43.2 Å². The van der Waals surface area contributed by atoms with E-state index in [-0.39, 0.29) is 6.42 Å². The molecule has 7 heteroatoms. The summed E-state index contributed by atoms with van der Waals surface area (Å²) < 4.78 is 3.23. The van der Waals surface area contributed by atoms with E-state index in [4.69, 9.17) is 17.3 Å². The van der Waals surface area contributed by atoms with Gasteiger partial charge in [-0.05, 0) is 69.4 Å². The summed E-state index contributed by atoms with van der Waals surface area (Å²) in [5.41, 5.74) is 10.5. The molecular formula is C26H19ClN2O3S. The van der Waals surface area contributed by atoms with Crippen molar-refractivity contribution < 1.29 is 14.7 Å². The number of primary amides is 1. The maximum atomic E-state index is 11.6. The van der Waals surface area contributed by atoms with E-state index in [9.17, 15) is 14.7 Å². The van der Waals surface area contributed by atoms with Crippen LogP contribution < -0.4 is 5.73 Å². The fourth-order valence-corrected chi connectivity index (χ4v) is 5.30. The van der Waals surface area contributed by atoms with E-state index in [1.165, 1.54) is 0 Å². The summed E-state index contributed by atoms with van der Waals surface area (Å²) in [6, 6.07) is 19.0. The molecule has 0 unspecified atom stereocenters. The Morgan fingerprint density at radius 3 is 2.58 bits per heavy atom. The van der Waals surface area contributed by atoms with Crippen LogP contribution in [0.4, 0.5) is 0 Å². The largest absolute Gasteiger partial charge is 0.481 e. The van der Waals surface area contributed by atoms with Gasteiger partial charge < -0.3 is 15.4 Å². The number of halogens is 1. The van der Waals surface area contributed by atoms with E-state index in [1.54, 1.807) is 29.5 Å². The summed E-state index contributed by atoms with van der Waals surface area (Å²) in [5, 5.41) is 14.2. The zero-order valence-electron chi connectivity index (χ0n) is 17.4. The number of carboxylic acid groups (broad SMARTS) is 1. The molecule has 164 valence electrons. The molecule has 0 saturated carbocycles. The molecule has 3 aromatic carbocycles. The molecule has 2 aromatic heterocycles. The Hall–Kier alpha value is -3.61. The van der Waals surface area contributed by atoms with Gasteiger partial charge in [-0.15, -0.1) is 11.3 Å². The second kappa shape index (κ2) is 8.39. The highest BCUT2D eigenvalue weighted by atomic mass is 35.5. The first kappa shape index (κ1) is 21.2. The van der Waals surface area contributed by atoms with Crippen LogP contribution >= 0.6 is 22.9 Å². The predicted octanol–water partition coefficient (Wildman–Crippen LogP) is 5.95. The minimum Gasteiger partial charge on any atom is -0.481 e. The van der Waals surface area contributed by atoms with Crippen LogP contribution in [0.25, 0.3) is 32.1 Å². The highest BCUT2D eigenvalue weighted by Crippen LogP contribution is 2.33. The van der Waals surface area contributed by atoms with E-state index in [1.807, 2.05) is 48.7 Å². The van der Waals surface area contributed by atoms with Gasteiger partial charge >= 0.3 is 5.97 Å². The number of thiophene rings is 1. The standard InChI is InChI=1S/C26H19ClN2O3S/c27-20-5-7-24-22(11-20)19(14-33-24)13-29-12-18(10-25(30)31)21-6-4-16(9-23(21)29)15-2-1-3-17(8-15)26(28)32/h1-9,11-12,14H,10,13H2,(H2,28,32)(H,30,31). The Labute approximate surface area is 198 Å². The predicted molar refractivity (Wildman–Crippen MR) is 133 cm³/mol. The van der Waals surface area contributed by atoms with Crippen LogP contribution in [-0.4, -0.2) is 21.6 Å². The molecule has 0 saturated heterocycles. The smallest absolute Gasteiger partial charge is 0.307 e. The Morgan fingerprint density at radius 1 is 0.970 bits per heavy atom. The van der Waals surface area contributed by atoms with Crippen LogP contribution in [0.2, 0.25) is 5.02 Å². The number of fused-ring (bicyclic) bond motifs is 2. The maximum absolute atomic E-state index is 11.6. The molecule has 0 radical (unpaired) electrons. The topological polar surface area (TPSA) is 85.3 Å². The molecule has 0 bridgehead atoms. The lowest BCUT2D eigenvalue weighted by molar-refractivity contribution is -0.136. The molecule has 5 aromatic rings. The molecule has 0 aliphatic heterocycles. The van der Waals surface area contributed by atoms with Gasteiger partial charge in [0, 0.05) is 38.9 Å². The van der Waals surface area contributed by atoms with Crippen LogP contribution in [0.3, 0.4) is 0 Å². The van der Waals surface area contributed by atoms with Crippen LogP contribution in [0.15, 0.2) is 72.2 Å². The van der Waals surface area contributed by atoms with E-state index in [2.05, 4.69) is 9.95 Å². The number of nitrogens with two attached hydrogens (primary N) is 1. The Balaban J connectivity index is 1.64. The third-order valence-corrected chi connectivity index (χ3v) is 6.99. The normalized spacial score (nSPS) is 11.3. The second-order valence-corrected chi connectivity index (χ2v) is 9.28. The summed E-state index contributed by atoms with van der Waals surface area (Å²) in [4.78, 5) is 23.1. The monoisotopic (exact) mass is 474 g/mol. The van der Waals surface area contributed by atoms with Crippen molar-refractivity contribution in [3.8, 4) is 11.1 Å². The summed E-state index contributed by atoms with van der Waals surface area (Å²) in [5.74, 6) is -1.35. The number of rotatable bonds is 6. The number of aliphatic carboxylic acids is 1. The van der Waals surface area contributed by atoms with Gasteiger partial charge in [-0.3, -0.25) is 9.59 Å². The highest BCUT2D eigenvalue weighted by Gasteiger charge is 2.15. The van der Waals surface area contributed by atoms with Crippen molar-refractivity contribution in [2.24, 2.45) is 5.73 Å². The molecule has 1 amide bonds. The van der Waals surface area contributed by atoms with E-state index >= 15 is 0 Å². The van der Waals surface area contributed by atoms with Gasteiger partial charge in [0.15, 0.2) is 0 Å². The molecule has 5 nitrogen and oxygen atoms in total. The Bertz CT molecular complexity index is 1550. The van der Waals surface area contributed by atoms with Crippen molar-refractivity contribution in [2.75, 3.05) is 0 Å². The number of amides is 1. The van der Waals surface area contributed by atoms with E-state index < -0.39 is 11.9 Å². The van der Waals surface area contributed by atoms with Crippen LogP contribution in [0.1, 0.15) is 21.5 Å². The number of aromatic nitrogens is 1. The number of carbonyl (C=O) groups is 2. The number of carboxylic acids is 1.